The number of hydrogen-bond donors (Lipinski definition) is 0. The number of rotatable bonds is 1. The largest absolute Gasteiger partial charge is 0.315 e. The Morgan fingerprint density at radius 3 is 2.04 bits per heavy atom. The fraction of sp³-hybridized carbons (Fsp3) is 0.400. The number of allylic oxidation sites excluding steroid dienone is 4. The first-order valence-corrected chi connectivity index (χ1v) is 9.01. The van der Waals surface area contributed by atoms with Crippen LogP contribution < -0.4 is 4.90 Å². The number of anilines is 1. The molecule has 0 amide bonds. The molecule has 0 aromatic heterocycles. The molecule has 1 aliphatic heterocycles. The number of ketones is 2. The Bertz CT molecular complexity index is 757. The predicted molar refractivity (Wildman–Crippen MR) is 95.1 cm³/mol. The molecule has 1 aromatic carbocycles. The van der Waals surface area contributed by atoms with Crippen molar-refractivity contribution in [2.75, 3.05) is 4.90 Å². The summed E-state index contributed by atoms with van der Waals surface area (Å²) in [7, 11) is 0. The van der Waals surface area contributed by atoms with Crippen LogP contribution in [0.25, 0.3) is 0 Å². The topological polar surface area (TPSA) is 37.4 Å². The van der Waals surface area contributed by atoms with Gasteiger partial charge in [0.05, 0.1) is 10.7 Å². The number of benzene rings is 1. The van der Waals surface area contributed by atoms with Crippen molar-refractivity contribution in [3.05, 3.63) is 51.3 Å². The van der Waals surface area contributed by atoms with E-state index in [2.05, 4.69) is 4.90 Å². The summed E-state index contributed by atoms with van der Waals surface area (Å²) >= 11 is 6.54. The number of Topliss-reactive ketones (excluding diaryl/α,β-unsaturated/α-hetero) is 2. The van der Waals surface area contributed by atoms with Gasteiger partial charge in [-0.2, -0.15) is 0 Å². The number of hydrogen-bond acceptors (Lipinski definition) is 3. The lowest BCUT2D eigenvalue weighted by atomic mass is 9.80. The van der Waals surface area contributed by atoms with Crippen molar-refractivity contribution in [1.29, 1.82) is 0 Å². The molecule has 0 radical (unpaired) electrons. The molecule has 4 heteroatoms. The van der Waals surface area contributed by atoms with Gasteiger partial charge in [-0.05, 0) is 44.2 Å². The van der Waals surface area contributed by atoms with Crippen LogP contribution in [-0.2, 0) is 9.59 Å². The number of nitrogens with zero attached hydrogens (tertiary/aromatic N) is 1. The van der Waals surface area contributed by atoms with Crippen LogP contribution in [0, 0.1) is 6.92 Å². The highest BCUT2D eigenvalue weighted by atomic mass is 35.5. The quantitative estimate of drug-likeness (QED) is 0.731. The molecule has 1 heterocycles. The van der Waals surface area contributed by atoms with Crippen LogP contribution in [0.5, 0.6) is 0 Å². The SMILES string of the molecule is Cc1cccc(Cl)c1N1C2=C(CC3=C1CCCC3=O)C(=O)CCC2. The molecule has 124 valence electrons. The molecule has 0 fully saturated rings. The third-order valence-electron chi connectivity index (χ3n) is 5.31. The zero-order valence-electron chi connectivity index (χ0n) is 13.8. The van der Waals surface area contributed by atoms with Gasteiger partial charge in [-0.25, -0.2) is 0 Å². The van der Waals surface area contributed by atoms with Crippen LogP contribution in [0.2, 0.25) is 5.02 Å². The van der Waals surface area contributed by atoms with Crippen molar-refractivity contribution in [3.63, 3.8) is 0 Å². The van der Waals surface area contributed by atoms with Gasteiger partial charge < -0.3 is 4.90 Å². The summed E-state index contributed by atoms with van der Waals surface area (Å²) in [4.78, 5) is 27.2. The zero-order valence-corrected chi connectivity index (χ0v) is 14.6. The molecular formula is C20H20ClNO2. The molecule has 0 spiro atoms. The summed E-state index contributed by atoms with van der Waals surface area (Å²) in [6.07, 6.45) is 5.17. The summed E-state index contributed by atoms with van der Waals surface area (Å²) < 4.78 is 0. The smallest absolute Gasteiger partial charge is 0.160 e. The second kappa shape index (κ2) is 5.89. The first-order valence-electron chi connectivity index (χ1n) is 8.63. The monoisotopic (exact) mass is 341 g/mol. The van der Waals surface area contributed by atoms with Crippen LogP contribution in [0.4, 0.5) is 5.69 Å². The Labute approximate surface area is 147 Å². The molecule has 1 aromatic rings. The van der Waals surface area contributed by atoms with Crippen LogP contribution >= 0.6 is 11.6 Å². The van der Waals surface area contributed by atoms with Crippen molar-refractivity contribution in [2.45, 2.75) is 51.9 Å². The molecule has 0 saturated heterocycles. The standard InChI is InChI=1S/C20H20ClNO2/c1-12-5-2-6-15(21)20(12)22-16-7-3-9-18(23)13(16)11-14-17(22)8-4-10-19(14)24/h2,5-6H,3-4,7-11H2,1H3. The lowest BCUT2D eigenvalue weighted by molar-refractivity contribution is -0.116. The van der Waals surface area contributed by atoms with Gasteiger partial charge in [-0.3, -0.25) is 9.59 Å². The van der Waals surface area contributed by atoms with Crippen molar-refractivity contribution < 1.29 is 9.59 Å². The minimum atomic E-state index is 0.191. The maximum Gasteiger partial charge on any atom is 0.160 e. The highest BCUT2D eigenvalue weighted by molar-refractivity contribution is 6.33. The second-order valence-electron chi connectivity index (χ2n) is 6.82. The Kier molecular flexibility index (Phi) is 3.84. The van der Waals surface area contributed by atoms with Crippen LogP contribution in [0.3, 0.4) is 0 Å². The van der Waals surface area contributed by atoms with Crippen LogP contribution in [-0.4, -0.2) is 11.6 Å². The van der Waals surface area contributed by atoms with Crippen molar-refractivity contribution in [2.24, 2.45) is 0 Å². The minimum Gasteiger partial charge on any atom is -0.315 e. The number of carbonyl (C=O) groups is 2. The molecule has 4 rings (SSSR count). The average molecular weight is 342 g/mol. The van der Waals surface area contributed by atoms with E-state index in [1.165, 1.54) is 0 Å². The number of halogens is 1. The van der Waals surface area contributed by atoms with E-state index < -0.39 is 0 Å². The van der Waals surface area contributed by atoms with Gasteiger partial charge in [0, 0.05) is 41.8 Å². The van der Waals surface area contributed by atoms with Gasteiger partial charge >= 0.3 is 0 Å². The van der Waals surface area contributed by atoms with Gasteiger partial charge in [-0.1, -0.05) is 23.7 Å². The Morgan fingerprint density at radius 1 is 0.917 bits per heavy atom. The normalized spacial score (nSPS) is 21.2. The zero-order chi connectivity index (χ0) is 16.8. The summed E-state index contributed by atoms with van der Waals surface area (Å²) in [5.74, 6) is 0.381. The lowest BCUT2D eigenvalue weighted by Gasteiger charge is -2.41. The van der Waals surface area contributed by atoms with E-state index in [1.807, 2.05) is 25.1 Å². The number of para-hydroxylation sites is 1. The first-order chi connectivity index (χ1) is 11.6. The van der Waals surface area contributed by atoms with Crippen LogP contribution in [0.15, 0.2) is 40.7 Å². The summed E-state index contributed by atoms with van der Waals surface area (Å²) in [5.41, 5.74) is 5.79. The van der Waals surface area contributed by atoms with Gasteiger partial charge in [0.25, 0.3) is 0 Å². The maximum absolute atomic E-state index is 12.5. The van der Waals surface area contributed by atoms with Gasteiger partial charge in [0.15, 0.2) is 11.6 Å². The highest BCUT2D eigenvalue weighted by Crippen LogP contribution is 2.46. The van der Waals surface area contributed by atoms with E-state index in [0.717, 1.165) is 59.5 Å². The fourth-order valence-corrected chi connectivity index (χ4v) is 4.48. The van der Waals surface area contributed by atoms with Gasteiger partial charge in [-0.15, -0.1) is 0 Å². The first kappa shape index (κ1) is 15.6. The molecule has 2 aliphatic carbocycles. The van der Waals surface area contributed by atoms with E-state index in [0.29, 0.717) is 24.3 Å². The summed E-state index contributed by atoms with van der Waals surface area (Å²) in [6.45, 7) is 2.03. The number of aryl methyl sites for hydroxylation is 1. The third kappa shape index (κ3) is 2.34. The molecule has 0 unspecified atom stereocenters. The molecule has 3 nitrogen and oxygen atoms in total. The van der Waals surface area contributed by atoms with Crippen LogP contribution in [0.1, 0.15) is 50.5 Å². The third-order valence-corrected chi connectivity index (χ3v) is 5.62. The predicted octanol–water partition coefficient (Wildman–Crippen LogP) is 4.87. The van der Waals surface area contributed by atoms with Crippen molar-refractivity contribution in [1.82, 2.24) is 0 Å². The van der Waals surface area contributed by atoms with E-state index >= 15 is 0 Å². The molecule has 24 heavy (non-hydrogen) atoms. The van der Waals surface area contributed by atoms with Gasteiger partial charge in [0.1, 0.15) is 0 Å². The molecule has 3 aliphatic rings. The summed E-state index contributed by atoms with van der Waals surface area (Å²) in [5, 5.41) is 0.673. The lowest BCUT2D eigenvalue weighted by Crippen LogP contribution is -2.36. The molecular weight excluding hydrogens is 322 g/mol. The van der Waals surface area contributed by atoms with E-state index in [9.17, 15) is 9.59 Å². The molecule has 0 saturated carbocycles. The van der Waals surface area contributed by atoms with E-state index in [4.69, 9.17) is 11.6 Å². The highest BCUT2D eigenvalue weighted by Gasteiger charge is 2.37. The van der Waals surface area contributed by atoms with Crippen molar-refractivity contribution in [3.8, 4) is 0 Å². The second-order valence-corrected chi connectivity index (χ2v) is 7.23. The molecule has 0 bridgehead atoms. The molecule has 0 atom stereocenters. The minimum absolute atomic E-state index is 0.191. The Morgan fingerprint density at radius 2 is 1.50 bits per heavy atom. The van der Waals surface area contributed by atoms with Gasteiger partial charge in [0.2, 0.25) is 0 Å². The van der Waals surface area contributed by atoms with Crippen molar-refractivity contribution >= 4 is 28.9 Å². The molecule has 0 N–H and O–H groups in total. The Balaban J connectivity index is 1.96. The van der Waals surface area contributed by atoms with E-state index in [1.54, 1.807) is 0 Å². The maximum atomic E-state index is 12.5. The summed E-state index contributed by atoms with van der Waals surface area (Å²) in [6, 6.07) is 5.85. The average Bonchev–Trinajstić information content (AvgIpc) is 2.55. The Hall–Kier alpha value is -1.87. The number of carbonyl (C=O) groups excluding carboxylic acids is 2. The van der Waals surface area contributed by atoms with E-state index in [-0.39, 0.29) is 11.6 Å². The fourth-order valence-electron chi connectivity index (χ4n) is 4.17.